The van der Waals surface area contributed by atoms with E-state index >= 15 is 0 Å². The Bertz CT molecular complexity index is 54.8. The van der Waals surface area contributed by atoms with Crippen LogP contribution in [0.25, 0.3) is 0 Å². The maximum absolute atomic E-state index is 9.92. The summed E-state index contributed by atoms with van der Waals surface area (Å²) >= 11 is 0. The largest absolute Gasteiger partial charge is 0.243 e. The molecule has 0 saturated heterocycles. The zero-order valence-corrected chi connectivity index (χ0v) is 5.18. The van der Waals surface area contributed by atoms with Crippen LogP contribution in [-0.4, -0.2) is 9.96 Å². The van der Waals surface area contributed by atoms with Crippen LogP contribution in [0.5, 0.6) is 0 Å². The van der Waals surface area contributed by atoms with Gasteiger partial charge in [0.1, 0.15) is 10.0 Å². The fraction of sp³-hybridized carbons (Fsp3) is 1.00. The van der Waals surface area contributed by atoms with Gasteiger partial charge in [0.05, 0.1) is 0 Å². The molecule has 0 aliphatic heterocycles. The highest BCUT2D eigenvalue weighted by atomic mass is 35.7. The quantitative estimate of drug-likeness (QED) is 0.510. The van der Waals surface area contributed by atoms with Crippen LogP contribution in [0.4, 0.5) is 0 Å². The molecule has 0 aromatic heterocycles. The van der Waals surface area contributed by atoms with Gasteiger partial charge in [-0.05, 0) is 17.1 Å². The molecule has 38 valence electrons. The van der Waals surface area contributed by atoms with Gasteiger partial charge in [-0.25, -0.2) is 4.21 Å². The van der Waals surface area contributed by atoms with Crippen LogP contribution in [-0.2, 0) is 10.0 Å². The Balaban J connectivity index is 2.83. The van der Waals surface area contributed by atoms with Crippen LogP contribution in [0, 0.1) is 0 Å². The summed E-state index contributed by atoms with van der Waals surface area (Å²) in [5.74, 6) is 0.613. The molecule has 1 nitrogen and oxygen atoms in total. The molecular formula is C3H7ClOS. The van der Waals surface area contributed by atoms with Gasteiger partial charge in [0.15, 0.2) is 0 Å². The first kappa shape index (κ1) is 6.44. The first-order chi connectivity index (χ1) is 2.77. The molecular weight excluding hydrogens is 120 g/mol. The molecule has 0 aromatic rings. The summed E-state index contributed by atoms with van der Waals surface area (Å²) in [7, 11) is 3.96. The van der Waals surface area contributed by atoms with Gasteiger partial charge in [0.25, 0.3) is 0 Å². The Morgan fingerprint density at radius 2 is 2.33 bits per heavy atom. The second kappa shape index (κ2) is 3.62. The first-order valence-corrected chi connectivity index (χ1v) is 3.96. The fourth-order valence-electron chi connectivity index (χ4n) is 0.160. The predicted molar refractivity (Wildman–Crippen MR) is 29.2 cm³/mol. The summed E-state index contributed by atoms with van der Waals surface area (Å²) in [4.78, 5) is 0. The highest BCUT2D eigenvalue weighted by Gasteiger charge is 1.84. The second-order valence-electron chi connectivity index (χ2n) is 0.994. The molecule has 0 rings (SSSR count). The van der Waals surface area contributed by atoms with Crippen LogP contribution in [0.1, 0.15) is 13.3 Å². The lowest BCUT2D eigenvalue weighted by Crippen LogP contribution is -1.82. The molecule has 0 aliphatic rings. The standard InChI is InChI=1S/C3H7ClOS/c1-2-3-6(4)5/h2-3H2,1H3/t6-/m0/s1. The molecule has 0 heterocycles. The molecule has 0 unspecified atom stereocenters. The summed E-state index contributed by atoms with van der Waals surface area (Å²) in [5.41, 5.74) is 0. The maximum Gasteiger partial charge on any atom is 0.114 e. The lowest BCUT2D eigenvalue weighted by Gasteiger charge is -1.79. The minimum absolute atomic E-state index is 0.613. The molecule has 0 N–H and O–H groups in total. The average molecular weight is 127 g/mol. The summed E-state index contributed by atoms with van der Waals surface area (Å²) in [6.45, 7) is 1.94. The summed E-state index contributed by atoms with van der Waals surface area (Å²) in [6.07, 6.45) is 0.899. The minimum atomic E-state index is -1.09. The molecule has 0 saturated carbocycles. The van der Waals surface area contributed by atoms with E-state index in [0.717, 1.165) is 6.42 Å². The number of halogens is 1. The highest BCUT2D eigenvalue weighted by Crippen LogP contribution is 1.88. The molecule has 3 heteroatoms. The van der Waals surface area contributed by atoms with E-state index in [1.54, 1.807) is 0 Å². The smallest absolute Gasteiger partial charge is 0.114 e. The third-order valence-electron chi connectivity index (χ3n) is 0.365. The molecule has 0 amide bonds. The van der Waals surface area contributed by atoms with Gasteiger partial charge in [-0.15, -0.1) is 0 Å². The SMILES string of the molecule is CCC[S@](=O)Cl. The van der Waals surface area contributed by atoms with Crippen molar-refractivity contribution in [3.63, 3.8) is 0 Å². The number of hydrogen-bond donors (Lipinski definition) is 0. The molecule has 1 atom stereocenters. The van der Waals surface area contributed by atoms with Crippen LogP contribution in [0.3, 0.4) is 0 Å². The van der Waals surface area contributed by atoms with Crippen LogP contribution < -0.4 is 0 Å². The lowest BCUT2D eigenvalue weighted by molar-refractivity contribution is 0.690. The molecule has 0 fully saturated rings. The van der Waals surface area contributed by atoms with E-state index in [0.29, 0.717) is 5.75 Å². The highest BCUT2D eigenvalue weighted by molar-refractivity contribution is 8.08. The van der Waals surface area contributed by atoms with Crippen molar-refractivity contribution < 1.29 is 4.21 Å². The Morgan fingerprint density at radius 3 is 2.33 bits per heavy atom. The van der Waals surface area contributed by atoms with Crippen molar-refractivity contribution in [1.82, 2.24) is 0 Å². The van der Waals surface area contributed by atoms with Gasteiger partial charge in [0.2, 0.25) is 0 Å². The van der Waals surface area contributed by atoms with Gasteiger partial charge in [-0.1, -0.05) is 6.92 Å². The van der Waals surface area contributed by atoms with E-state index in [9.17, 15) is 4.21 Å². The van der Waals surface area contributed by atoms with Crippen molar-refractivity contribution in [2.45, 2.75) is 13.3 Å². The Morgan fingerprint density at radius 1 is 1.83 bits per heavy atom. The molecule has 0 radical (unpaired) electrons. The fourth-order valence-corrected chi connectivity index (χ4v) is 0.944. The van der Waals surface area contributed by atoms with E-state index in [2.05, 4.69) is 0 Å². The van der Waals surface area contributed by atoms with Crippen molar-refractivity contribution in [3.8, 4) is 0 Å². The van der Waals surface area contributed by atoms with E-state index in [-0.39, 0.29) is 0 Å². The normalized spacial score (nSPS) is 14.3. The van der Waals surface area contributed by atoms with Crippen LogP contribution in [0.2, 0.25) is 0 Å². The van der Waals surface area contributed by atoms with E-state index in [1.165, 1.54) is 0 Å². The third kappa shape index (κ3) is 4.44. The van der Waals surface area contributed by atoms with Crippen molar-refractivity contribution in [1.29, 1.82) is 0 Å². The van der Waals surface area contributed by atoms with Gasteiger partial charge in [-0.2, -0.15) is 0 Å². The van der Waals surface area contributed by atoms with Crippen molar-refractivity contribution in [3.05, 3.63) is 0 Å². The van der Waals surface area contributed by atoms with Gasteiger partial charge in [0, 0.05) is 5.75 Å². The summed E-state index contributed by atoms with van der Waals surface area (Å²) in [5, 5.41) is 0. The summed E-state index contributed by atoms with van der Waals surface area (Å²) in [6, 6.07) is 0. The maximum atomic E-state index is 9.92. The minimum Gasteiger partial charge on any atom is -0.243 e. The first-order valence-electron chi connectivity index (χ1n) is 1.82. The van der Waals surface area contributed by atoms with E-state index < -0.39 is 10.0 Å². The zero-order chi connectivity index (χ0) is 4.99. The third-order valence-corrected chi connectivity index (χ3v) is 1.56. The molecule has 0 aliphatic carbocycles. The van der Waals surface area contributed by atoms with Crippen LogP contribution >= 0.6 is 10.7 Å². The number of rotatable bonds is 2. The second-order valence-corrected chi connectivity index (χ2v) is 3.01. The van der Waals surface area contributed by atoms with Gasteiger partial charge in [-0.3, -0.25) is 0 Å². The zero-order valence-electron chi connectivity index (χ0n) is 3.61. The monoisotopic (exact) mass is 126 g/mol. The molecule has 0 aromatic carbocycles. The Labute approximate surface area is 44.7 Å². The summed E-state index contributed by atoms with van der Waals surface area (Å²) < 4.78 is 9.92. The predicted octanol–water partition coefficient (Wildman–Crippen LogP) is 1.30. The van der Waals surface area contributed by atoms with Gasteiger partial charge < -0.3 is 0 Å². The van der Waals surface area contributed by atoms with E-state index in [1.807, 2.05) is 6.92 Å². The van der Waals surface area contributed by atoms with Crippen molar-refractivity contribution >= 4 is 20.7 Å². The Kier molecular flexibility index (Phi) is 3.89. The van der Waals surface area contributed by atoms with Gasteiger partial charge >= 0.3 is 0 Å². The van der Waals surface area contributed by atoms with E-state index in [4.69, 9.17) is 10.7 Å². The topological polar surface area (TPSA) is 17.1 Å². The Hall–Kier alpha value is 0.440. The average Bonchev–Trinajstić information content (AvgIpc) is 1.35. The molecule has 0 bridgehead atoms. The van der Waals surface area contributed by atoms with Crippen LogP contribution in [0.15, 0.2) is 0 Å². The molecule has 0 spiro atoms. The van der Waals surface area contributed by atoms with Crippen molar-refractivity contribution in [2.24, 2.45) is 0 Å². The number of hydrogen-bond acceptors (Lipinski definition) is 1. The molecule has 6 heavy (non-hydrogen) atoms. The van der Waals surface area contributed by atoms with Crippen molar-refractivity contribution in [2.75, 3.05) is 5.75 Å². The lowest BCUT2D eigenvalue weighted by atomic mass is 10.6.